The van der Waals surface area contributed by atoms with Crippen LogP contribution in [0.5, 0.6) is 5.75 Å². The molecule has 0 spiro atoms. The molecule has 0 saturated carbocycles. The highest BCUT2D eigenvalue weighted by Gasteiger charge is 2.42. The minimum Gasteiger partial charge on any atom is -0.462 e. The van der Waals surface area contributed by atoms with Crippen molar-refractivity contribution in [1.29, 1.82) is 0 Å². The molecule has 100 valence electrons. The second-order valence-electron chi connectivity index (χ2n) is 4.50. The third-order valence-electron chi connectivity index (χ3n) is 3.22. The summed E-state index contributed by atoms with van der Waals surface area (Å²) in [5, 5.41) is 28.9. The van der Waals surface area contributed by atoms with Gasteiger partial charge < -0.3 is 24.8 Å². The third-order valence-corrected chi connectivity index (χ3v) is 3.22. The van der Waals surface area contributed by atoms with E-state index in [0.717, 1.165) is 0 Å². The molecule has 5 nitrogen and oxygen atoms in total. The smallest absolute Gasteiger partial charge is 0.226 e. The lowest BCUT2D eigenvalue weighted by atomic mass is 9.91. The van der Waals surface area contributed by atoms with Gasteiger partial charge in [0.25, 0.3) is 0 Å². The molecule has 1 aliphatic heterocycles. The van der Waals surface area contributed by atoms with Gasteiger partial charge in [0.15, 0.2) is 0 Å². The Morgan fingerprint density at radius 1 is 1.17 bits per heavy atom. The van der Waals surface area contributed by atoms with E-state index in [4.69, 9.17) is 14.6 Å². The van der Waals surface area contributed by atoms with Crippen LogP contribution in [0, 0.1) is 5.92 Å². The normalized spacial score (nSPS) is 36.3. The van der Waals surface area contributed by atoms with Crippen molar-refractivity contribution in [2.75, 3.05) is 6.61 Å². The summed E-state index contributed by atoms with van der Waals surface area (Å²) in [5.41, 5.74) is 0. The van der Waals surface area contributed by atoms with Gasteiger partial charge >= 0.3 is 0 Å². The van der Waals surface area contributed by atoms with Gasteiger partial charge in [-0.05, 0) is 12.1 Å². The summed E-state index contributed by atoms with van der Waals surface area (Å²) in [6, 6.07) is 8.98. The number of rotatable bonds is 3. The predicted octanol–water partition coefficient (Wildman–Crippen LogP) is 0.140. The van der Waals surface area contributed by atoms with Crippen molar-refractivity contribution in [2.24, 2.45) is 5.92 Å². The molecule has 3 N–H and O–H groups in total. The van der Waals surface area contributed by atoms with Crippen molar-refractivity contribution in [3.05, 3.63) is 30.3 Å². The molecule has 5 atom stereocenters. The molecule has 1 aromatic rings. The van der Waals surface area contributed by atoms with Gasteiger partial charge in [-0.15, -0.1) is 0 Å². The monoisotopic (exact) mass is 254 g/mol. The van der Waals surface area contributed by atoms with Gasteiger partial charge in [0.2, 0.25) is 6.29 Å². The Morgan fingerprint density at radius 2 is 1.83 bits per heavy atom. The maximum Gasteiger partial charge on any atom is 0.226 e. The van der Waals surface area contributed by atoms with Gasteiger partial charge in [0.1, 0.15) is 18.0 Å². The van der Waals surface area contributed by atoms with Crippen LogP contribution in [-0.2, 0) is 4.74 Å². The first-order chi connectivity index (χ1) is 8.63. The molecule has 5 heteroatoms. The van der Waals surface area contributed by atoms with E-state index in [-0.39, 0.29) is 6.61 Å². The topological polar surface area (TPSA) is 79.2 Å². The predicted molar refractivity (Wildman–Crippen MR) is 64.0 cm³/mol. The van der Waals surface area contributed by atoms with Crippen LogP contribution in [0.1, 0.15) is 6.92 Å². The number of benzene rings is 1. The van der Waals surface area contributed by atoms with E-state index in [0.29, 0.717) is 5.75 Å². The van der Waals surface area contributed by atoms with Crippen LogP contribution in [0.4, 0.5) is 0 Å². The average molecular weight is 254 g/mol. The molecule has 0 aromatic heterocycles. The minimum atomic E-state index is -0.942. The Kier molecular flexibility index (Phi) is 4.19. The molecule has 1 fully saturated rings. The molecule has 0 bridgehead atoms. The summed E-state index contributed by atoms with van der Waals surface area (Å²) in [6.07, 6.45) is -3.47. The van der Waals surface area contributed by atoms with Gasteiger partial charge in [-0.1, -0.05) is 25.1 Å². The quantitative estimate of drug-likeness (QED) is 0.715. The first-order valence-corrected chi connectivity index (χ1v) is 5.97. The van der Waals surface area contributed by atoms with Crippen molar-refractivity contribution < 1.29 is 24.8 Å². The van der Waals surface area contributed by atoms with Crippen molar-refractivity contribution in [2.45, 2.75) is 31.5 Å². The Bertz CT molecular complexity index is 367. The van der Waals surface area contributed by atoms with Crippen LogP contribution >= 0.6 is 0 Å². The maximum atomic E-state index is 9.99. The van der Waals surface area contributed by atoms with Gasteiger partial charge in [-0.3, -0.25) is 0 Å². The Balaban J connectivity index is 2.08. The van der Waals surface area contributed by atoms with Gasteiger partial charge in [-0.2, -0.15) is 0 Å². The van der Waals surface area contributed by atoms with Gasteiger partial charge in [0.05, 0.1) is 12.7 Å². The molecule has 0 aliphatic carbocycles. The number of para-hydroxylation sites is 1. The highest BCUT2D eigenvalue weighted by atomic mass is 16.7. The zero-order valence-electron chi connectivity index (χ0n) is 10.1. The fourth-order valence-electron chi connectivity index (χ4n) is 2.00. The molecule has 18 heavy (non-hydrogen) atoms. The second kappa shape index (κ2) is 5.67. The van der Waals surface area contributed by atoms with E-state index in [1.165, 1.54) is 0 Å². The van der Waals surface area contributed by atoms with Crippen molar-refractivity contribution >= 4 is 0 Å². The number of hydrogen-bond donors (Lipinski definition) is 3. The molecule has 1 aromatic carbocycles. The largest absolute Gasteiger partial charge is 0.462 e. The summed E-state index contributed by atoms with van der Waals surface area (Å²) >= 11 is 0. The van der Waals surface area contributed by atoms with E-state index in [1.54, 1.807) is 19.1 Å². The lowest BCUT2D eigenvalue weighted by Crippen LogP contribution is -2.56. The highest BCUT2D eigenvalue weighted by molar-refractivity contribution is 5.21. The van der Waals surface area contributed by atoms with Crippen molar-refractivity contribution in [1.82, 2.24) is 0 Å². The Labute approximate surface area is 106 Å². The van der Waals surface area contributed by atoms with Gasteiger partial charge in [0, 0.05) is 5.92 Å². The highest BCUT2D eigenvalue weighted by Crippen LogP contribution is 2.27. The van der Waals surface area contributed by atoms with E-state index in [2.05, 4.69) is 0 Å². The van der Waals surface area contributed by atoms with Crippen LogP contribution in [0.15, 0.2) is 30.3 Å². The Hall–Kier alpha value is -1.14. The van der Waals surface area contributed by atoms with Crippen molar-refractivity contribution in [3.8, 4) is 5.75 Å². The summed E-state index contributed by atoms with van der Waals surface area (Å²) in [5.74, 6) is 0.145. The molecular weight excluding hydrogens is 236 g/mol. The summed E-state index contributed by atoms with van der Waals surface area (Å²) in [4.78, 5) is 0. The van der Waals surface area contributed by atoms with Crippen LogP contribution in [0.3, 0.4) is 0 Å². The fourth-order valence-corrected chi connectivity index (χ4v) is 2.00. The lowest BCUT2D eigenvalue weighted by Gasteiger charge is -2.40. The van der Waals surface area contributed by atoms with E-state index in [1.807, 2.05) is 18.2 Å². The van der Waals surface area contributed by atoms with Crippen molar-refractivity contribution in [3.63, 3.8) is 0 Å². The average Bonchev–Trinajstić information content (AvgIpc) is 2.40. The molecule has 1 aliphatic rings. The Morgan fingerprint density at radius 3 is 2.44 bits per heavy atom. The zero-order chi connectivity index (χ0) is 13.1. The summed E-state index contributed by atoms with van der Waals surface area (Å²) in [7, 11) is 0. The third kappa shape index (κ3) is 2.64. The van der Waals surface area contributed by atoms with Crippen LogP contribution in [0.2, 0.25) is 0 Å². The summed E-state index contributed by atoms with van der Waals surface area (Å²) in [6.45, 7) is 1.38. The molecule has 0 amide bonds. The number of hydrogen-bond acceptors (Lipinski definition) is 5. The maximum absolute atomic E-state index is 9.99. The van der Waals surface area contributed by atoms with E-state index >= 15 is 0 Å². The molecule has 2 rings (SSSR count). The fraction of sp³-hybridized carbons (Fsp3) is 0.538. The standard InChI is InChI=1S/C13H18O5/c1-8-11(15)10(7-14)18-13(12(8)16)17-9-5-3-2-4-6-9/h2-6,8,10-16H,7H2,1H3/t8-,10+,11-,12+,13+/m0/s1. The van der Waals surface area contributed by atoms with Crippen LogP contribution in [0.25, 0.3) is 0 Å². The van der Waals surface area contributed by atoms with E-state index < -0.39 is 30.5 Å². The van der Waals surface area contributed by atoms with E-state index in [9.17, 15) is 10.2 Å². The van der Waals surface area contributed by atoms with Gasteiger partial charge in [-0.25, -0.2) is 0 Å². The molecule has 1 heterocycles. The first-order valence-electron chi connectivity index (χ1n) is 5.97. The summed E-state index contributed by atoms with van der Waals surface area (Å²) < 4.78 is 10.9. The zero-order valence-corrected chi connectivity index (χ0v) is 10.1. The second-order valence-corrected chi connectivity index (χ2v) is 4.50. The first kappa shape index (κ1) is 13.3. The number of ether oxygens (including phenoxy) is 2. The number of aliphatic hydroxyl groups is 3. The molecule has 0 radical (unpaired) electrons. The van der Waals surface area contributed by atoms with Crippen LogP contribution < -0.4 is 4.74 Å². The SMILES string of the molecule is C[C@@H]1[C@@H](O)[C@H](Oc2ccccc2)O[C@H](CO)[C@H]1O. The number of aliphatic hydroxyl groups excluding tert-OH is 3. The minimum absolute atomic E-state index is 0.313. The lowest BCUT2D eigenvalue weighted by molar-refractivity contribution is -0.260. The molecule has 1 saturated heterocycles. The molecule has 0 unspecified atom stereocenters. The van der Waals surface area contributed by atoms with Crippen LogP contribution in [-0.4, -0.2) is 46.5 Å². The molecular formula is C13H18O5.